The van der Waals surface area contributed by atoms with Crippen molar-refractivity contribution in [3.8, 4) is 0 Å². The van der Waals surface area contributed by atoms with E-state index in [1.807, 2.05) is 0 Å². The largest absolute Gasteiger partial charge is 0.481 e. The number of rotatable bonds is 2. The van der Waals surface area contributed by atoms with E-state index in [4.69, 9.17) is 5.11 Å². The van der Waals surface area contributed by atoms with Crippen LogP contribution in [-0.4, -0.2) is 48.7 Å². The molecule has 1 radical (unpaired) electrons. The van der Waals surface area contributed by atoms with Gasteiger partial charge < -0.3 is 5.11 Å². The van der Waals surface area contributed by atoms with E-state index >= 15 is 0 Å². The first-order chi connectivity index (χ1) is 3.85. The van der Waals surface area contributed by atoms with Crippen LogP contribution < -0.4 is 0 Å². The average molecular weight is 169 g/mol. The SMILES string of the molecule is CC(C(=O)O)[Si](C)(C)C.[Na]. The van der Waals surface area contributed by atoms with Crippen LogP contribution in [0.15, 0.2) is 0 Å². The number of carboxylic acid groups (broad SMARTS) is 1. The summed E-state index contributed by atoms with van der Waals surface area (Å²) in [5.41, 5.74) is -0.127. The topological polar surface area (TPSA) is 37.3 Å². The molecule has 0 amide bonds. The second-order valence-corrected chi connectivity index (χ2v) is 9.02. The summed E-state index contributed by atoms with van der Waals surface area (Å²) in [4.78, 5) is 10.4. The van der Waals surface area contributed by atoms with E-state index in [2.05, 4.69) is 19.6 Å². The fraction of sp³-hybridized carbons (Fsp3) is 0.833. The van der Waals surface area contributed by atoms with Gasteiger partial charge in [0.25, 0.3) is 0 Å². The minimum absolute atomic E-state index is 0. The molecule has 2 nitrogen and oxygen atoms in total. The van der Waals surface area contributed by atoms with Crippen molar-refractivity contribution < 1.29 is 9.90 Å². The third-order valence-electron chi connectivity index (χ3n) is 1.67. The Morgan fingerprint density at radius 2 is 1.70 bits per heavy atom. The number of aliphatic carboxylic acids is 1. The van der Waals surface area contributed by atoms with Crippen LogP contribution in [0.5, 0.6) is 0 Å². The zero-order valence-corrected chi connectivity index (χ0v) is 10.4. The van der Waals surface area contributed by atoms with Gasteiger partial charge in [-0.3, -0.25) is 4.79 Å². The van der Waals surface area contributed by atoms with Gasteiger partial charge in [-0.25, -0.2) is 0 Å². The first-order valence-electron chi connectivity index (χ1n) is 3.08. The second kappa shape index (κ2) is 4.54. The average Bonchev–Trinajstić information content (AvgIpc) is 1.62. The van der Waals surface area contributed by atoms with Crippen LogP contribution in [0.3, 0.4) is 0 Å². The van der Waals surface area contributed by atoms with Crippen molar-refractivity contribution in [2.45, 2.75) is 32.1 Å². The van der Waals surface area contributed by atoms with Crippen molar-refractivity contribution in [2.75, 3.05) is 0 Å². The summed E-state index contributed by atoms with van der Waals surface area (Å²) in [7, 11) is -1.42. The summed E-state index contributed by atoms with van der Waals surface area (Å²) in [6.45, 7) is 7.97. The van der Waals surface area contributed by atoms with E-state index in [1.54, 1.807) is 6.92 Å². The van der Waals surface area contributed by atoms with Crippen LogP contribution in [0, 0.1) is 0 Å². The predicted molar refractivity (Wildman–Crippen MR) is 46.2 cm³/mol. The Kier molecular flexibility index (Phi) is 6.04. The fourth-order valence-corrected chi connectivity index (χ4v) is 1.11. The van der Waals surface area contributed by atoms with E-state index in [0.29, 0.717) is 0 Å². The Bertz CT molecular complexity index is 119. The molecule has 0 aromatic rings. The number of carbonyl (C=O) groups is 1. The molecule has 1 unspecified atom stereocenters. The van der Waals surface area contributed by atoms with E-state index < -0.39 is 14.0 Å². The molecule has 1 N–H and O–H groups in total. The second-order valence-electron chi connectivity index (χ2n) is 3.43. The third kappa shape index (κ3) is 4.49. The monoisotopic (exact) mass is 169 g/mol. The standard InChI is InChI=1S/C6H14O2Si.Na/c1-5(6(7)8)9(2,3)4;/h5H,1-4H3,(H,7,8);. The van der Waals surface area contributed by atoms with Gasteiger partial charge in [-0.1, -0.05) is 26.6 Å². The van der Waals surface area contributed by atoms with Gasteiger partial charge in [0.15, 0.2) is 0 Å². The number of hydrogen-bond acceptors (Lipinski definition) is 1. The zero-order valence-electron chi connectivity index (χ0n) is 7.43. The maximum Gasteiger partial charge on any atom is 0.303 e. The van der Waals surface area contributed by atoms with Gasteiger partial charge in [0.05, 0.1) is 8.07 Å². The van der Waals surface area contributed by atoms with Crippen molar-refractivity contribution in [1.82, 2.24) is 0 Å². The Labute approximate surface area is 85.3 Å². The van der Waals surface area contributed by atoms with E-state index in [0.717, 1.165) is 0 Å². The number of hydrogen-bond donors (Lipinski definition) is 1. The van der Waals surface area contributed by atoms with Crippen molar-refractivity contribution in [3.05, 3.63) is 0 Å². The van der Waals surface area contributed by atoms with Crippen LogP contribution >= 0.6 is 0 Å². The molecule has 0 aromatic heterocycles. The Balaban J connectivity index is 0. The molecule has 55 valence electrons. The molecule has 0 aliphatic heterocycles. The Hall–Kier alpha value is 0.687. The molecule has 0 rings (SSSR count). The van der Waals surface area contributed by atoms with Crippen molar-refractivity contribution >= 4 is 43.6 Å². The van der Waals surface area contributed by atoms with Gasteiger partial charge >= 0.3 is 5.97 Å². The zero-order chi connectivity index (χ0) is 7.65. The van der Waals surface area contributed by atoms with Gasteiger partial charge in [0, 0.05) is 35.1 Å². The molecule has 0 saturated heterocycles. The normalized spacial score (nSPS) is 13.6. The van der Waals surface area contributed by atoms with Gasteiger partial charge in [-0.15, -0.1) is 0 Å². The van der Waals surface area contributed by atoms with E-state index in [1.165, 1.54) is 0 Å². The molecule has 4 heteroatoms. The minimum Gasteiger partial charge on any atom is -0.481 e. The Morgan fingerprint density at radius 3 is 1.70 bits per heavy atom. The quantitative estimate of drug-likeness (QED) is 0.635. The molecule has 0 saturated carbocycles. The summed E-state index contributed by atoms with van der Waals surface area (Å²) in [6.07, 6.45) is 0. The minimum atomic E-state index is -1.42. The smallest absolute Gasteiger partial charge is 0.303 e. The molecular weight excluding hydrogens is 155 g/mol. The van der Waals surface area contributed by atoms with Gasteiger partial charge in [0.1, 0.15) is 0 Å². The molecule has 0 aliphatic carbocycles. The van der Waals surface area contributed by atoms with Gasteiger partial charge in [0.2, 0.25) is 0 Å². The van der Waals surface area contributed by atoms with Gasteiger partial charge in [-0.2, -0.15) is 0 Å². The first-order valence-corrected chi connectivity index (χ1v) is 6.66. The van der Waals surface area contributed by atoms with Crippen LogP contribution in [-0.2, 0) is 4.79 Å². The summed E-state index contributed by atoms with van der Waals surface area (Å²) in [5, 5.41) is 8.55. The van der Waals surface area contributed by atoms with Crippen molar-refractivity contribution in [2.24, 2.45) is 0 Å². The van der Waals surface area contributed by atoms with Crippen LogP contribution in [0.1, 0.15) is 6.92 Å². The molecule has 0 spiro atoms. The van der Waals surface area contributed by atoms with E-state index in [9.17, 15) is 4.79 Å². The molecular formula is C6H14NaO2Si. The maximum absolute atomic E-state index is 10.4. The van der Waals surface area contributed by atoms with Gasteiger partial charge in [-0.05, 0) is 0 Å². The predicted octanol–water partition coefficient (Wildman–Crippen LogP) is 1.42. The fourth-order valence-electron chi connectivity index (χ4n) is 0.370. The van der Waals surface area contributed by atoms with Crippen LogP contribution in [0.4, 0.5) is 0 Å². The maximum atomic E-state index is 10.4. The summed E-state index contributed by atoms with van der Waals surface area (Å²) < 4.78 is 0. The molecule has 0 aromatic carbocycles. The van der Waals surface area contributed by atoms with Crippen molar-refractivity contribution in [1.29, 1.82) is 0 Å². The summed E-state index contributed by atoms with van der Waals surface area (Å²) in [5.74, 6) is -0.658. The van der Waals surface area contributed by atoms with Crippen LogP contribution in [0.25, 0.3) is 0 Å². The molecule has 1 atom stereocenters. The van der Waals surface area contributed by atoms with E-state index in [-0.39, 0.29) is 35.1 Å². The van der Waals surface area contributed by atoms with Crippen LogP contribution in [0.2, 0.25) is 25.2 Å². The Morgan fingerprint density at radius 1 is 1.40 bits per heavy atom. The molecule has 0 fully saturated rings. The summed E-state index contributed by atoms with van der Waals surface area (Å²) >= 11 is 0. The molecule has 0 heterocycles. The molecule has 0 aliphatic rings. The van der Waals surface area contributed by atoms with Crippen molar-refractivity contribution in [3.63, 3.8) is 0 Å². The molecule has 10 heavy (non-hydrogen) atoms. The molecule has 0 bridgehead atoms. The summed E-state index contributed by atoms with van der Waals surface area (Å²) in [6, 6.07) is 0. The number of carboxylic acids is 1. The third-order valence-corrected chi connectivity index (χ3v) is 4.51. The first kappa shape index (κ1) is 13.3.